The lowest BCUT2D eigenvalue weighted by Gasteiger charge is -2.48. The number of fused-ring (bicyclic) bond motifs is 1. The smallest absolute Gasteiger partial charge is 0.176 e. The molecule has 2 bridgehead atoms. The Balaban J connectivity index is 2.01. The Morgan fingerprint density at radius 1 is 1.29 bits per heavy atom. The molecule has 1 heterocycles. The van der Waals surface area contributed by atoms with Crippen molar-refractivity contribution in [1.29, 1.82) is 0 Å². The Kier molecular flexibility index (Phi) is 2.19. The molecule has 1 saturated carbocycles. The van der Waals surface area contributed by atoms with Crippen LogP contribution in [0.3, 0.4) is 0 Å². The lowest BCUT2D eigenvalue weighted by Crippen LogP contribution is -2.48. The van der Waals surface area contributed by atoms with Gasteiger partial charge in [0.05, 0.1) is 13.2 Å². The maximum atomic E-state index is 5.87. The molecule has 3 heteroatoms. The second-order valence-electron chi connectivity index (χ2n) is 4.57. The van der Waals surface area contributed by atoms with Gasteiger partial charge in [0.1, 0.15) is 0 Å². The molecule has 1 aliphatic heterocycles. The van der Waals surface area contributed by atoms with Gasteiger partial charge >= 0.3 is 0 Å². The predicted molar refractivity (Wildman–Crippen MR) is 62.2 cm³/mol. The van der Waals surface area contributed by atoms with Crippen LogP contribution in [0.25, 0.3) is 0 Å². The minimum absolute atomic E-state index is 0.223. The third-order valence-electron chi connectivity index (χ3n) is 3.94. The van der Waals surface area contributed by atoms with Crippen LogP contribution in [-0.4, -0.2) is 19.0 Å². The number of ether oxygens (including phenoxy) is 2. The van der Waals surface area contributed by atoms with E-state index in [4.69, 9.17) is 9.47 Å². The fraction of sp³-hybridized carbons (Fsp3) is 0.818. The van der Waals surface area contributed by atoms with E-state index in [0.29, 0.717) is 11.8 Å². The van der Waals surface area contributed by atoms with Gasteiger partial charge in [-0.05, 0) is 51.9 Å². The van der Waals surface area contributed by atoms with Crippen molar-refractivity contribution in [2.24, 2.45) is 11.8 Å². The minimum atomic E-state index is -0.223. The molecule has 2 nitrogen and oxygen atoms in total. The molecule has 0 aromatic rings. The third-order valence-corrected chi connectivity index (χ3v) is 5.54. The summed E-state index contributed by atoms with van der Waals surface area (Å²) in [5.74, 6) is 1.01. The molecule has 14 heavy (non-hydrogen) atoms. The molecule has 0 amide bonds. The van der Waals surface area contributed by atoms with Crippen molar-refractivity contribution in [3.63, 3.8) is 0 Å². The topological polar surface area (TPSA) is 18.5 Å². The number of halogens is 1. The Bertz CT molecular complexity index is 292. The van der Waals surface area contributed by atoms with Crippen LogP contribution in [0, 0.1) is 11.8 Å². The zero-order valence-corrected chi connectivity index (χ0v) is 10.5. The van der Waals surface area contributed by atoms with E-state index in [1.54, 1.807) is 5.57 Å². The summed E-state index contributed by atoms with van der Waals surface area (Å²) in [4.78, 5) is 0. The average Bonchev–Trinajstić information content (AvgIpc) is 2.62. The highest BCUT2D eigenvalue weighted by Crippen LogP contribution is 2.55. The first-order chi connectivity index (χ1) is 6.73. The van der Waals surface area contributed by atoms with Crippen LogP contribution in [0.1, 0.15) is 26.2 Å². The number of hydrogen-bond acceptors (Lipinski definition) is 2. The van der Waals surface area contributed by atoms with E-state index in [9.17, 15) is 0 Å². The molecular weight excluding hydrogens is 291 g/mol. The van der Waals surface area contributed by atoms with Gasteiger partial charge in [-0.25, -0.2) is 0 Å². The highest BCUT2D eigenvalue weighted by molar-refractivity contribution is 14.1. The zero-order chi connectivity index (χ0) is 9.76. The van der Waals surface area contributed by atoms with Gasteiger partial charge < -0.3 is 9.47 Å². The van der Waals surface area contributed by atoms with Gasteiger partial charge in [-0.3, -0.25) is 0 Å². The maximum absolute atomic E-state index is 5.87. The highest BCUT2D eigenvalue weighted by atomic mass is 127. The number of rotatable bonds is 0. The molecule has 2 atom stereocenters. The first-order valence-corrected chi connectivity index (χ1v) is 6.45. The Morgan fingerprint density at radius 3 is 2.64 bits per heavy atom. The predicted octanol–water partition coefficient (Wildman–Crippen LogP) is 2.87. The first kappa shape index (κ1) is 9.60. The fourth-order valence-electron chi connectivity index (χ4n) is 3.12. The van der Waals surface area contributed by atoms with Gasteiger partial charge in [-0.15, -0.1) is 0 Å². The van der Waals surface area contributed by atoms with Crippen molar-refractivity contribution in [2.75, 3.05) is 13.2 Å². The summed E-state index contributed by atoms with van der Waals surface area (Å²) in [6, 6.07) is 0. The molecule has 0 unspecified atom stereocenters. The second-order valence-corrected chi connectivity index (χ2v) is 5.73. The summed E-state index contributed by atoms with van der Waals surface area (Å²) >= 11 is 2.49. The van der Waals surface area contributed by atoms with Crippen LogP contribution in [0.5, 0.6) is 0 Å². The molecule has 78 valence electrons. The molecule has 0 aromatic carbocycles. The van der Waals surface area contributed by atoms with E-state index in [-0.39, 0.29) is 5.79 Å². The quantitative estimate of drug-likeness (QED) is 0.641. The lowest BCUT2D eigenvalue weighted by molar-refractivity contribution is -0.213. The van der Waals surface area contributed by atoms with Gasteiger partial charge in [0.15, 0.2) is 5.79 Å². The van der Waals surface area contributed by atoms with E-state index in [1.807, 2.05) is 0 Å². The van der Waals surface area contributed by atoms with Crippen molar-refractivity contribution < 1.29 is 9.47 Å². The largest absolute Gasteiger partial charge is 0.347 e. The average molecular weight is 306 g/mol. The molecule has 4 aliphatic rings. The van der Waals surface area contributed by atoms with Crippen LogP contribution in [0.15, 0.2) is 9.15 Å². The number of hydrogen-bond donors (Lipinski definition) is 0. The summed E-state index contributed by atoms with van der Waals surface area (Å²) in [5, 5.41) is 0. The molecule has 3 aliphatic carbocycles. The van der Waals surface area contributed by atoms with Crippen LogP contribution >= 0.6 is 22.6 Å². The fourth-order valence-corrected chi connectivity index (χ4v) is 4.35. The van der Waals surface area contributed by atoms with Crippen LogP contribution in [0.4, 0.5) is 0 Å². The third kappa shape index (κ3) is 1.15. The Labute approximate surface area is 98.2 Å². The first-order valence-electron chi connectivity index (χ1n) is 5.37. The Morgan fingerprint density at radius 2 is 2.00 bits per heavy atom. The van der Waals surface area contributed by atoms with Crippen molar-refractivity contribution in [2.45, 2.75) is 32.0 Å². The number of allylic oxidation sites excluding steroid dienone is 1. The summed E-state index contributed by atoms with van der Waals surface area (Å²) < 4.78 is 13.3. The zero-order valence-electron chi connectivity index (χ0n) is 8.38. The van der Waals surface area contributed by atoms with E-state index in [1.165, 1.54) is 16.4 Å². The summed E-state index contributed by atoms with van der Waals surface area (Å²) in [7, 11) is 0. The van der Waals surface area contributed by atoms with E-state index in [0.717, 1.165) is 19.6 Å². The summed E-state index contributed by atoms with van der Waals surface area (Å²) in [6.45, 7) is 3.85. The van der Waals surface area contributed by atoms with Crippen molar-refractivity contribution >= 4 is 22.6 Å². The van der Waals surface area contributed by atoms with Gasteiger partial charge in [-0.1, -0.05) is 5.57 Å². The van der Waals surface area contributed by atoms with E-state index < -0.39 is 0 Å². The Hall–Kier alpha value is 0.390. The monoisotopic (exact) mass is 306 g/mol. The van der Waals surface area contributed by atoms with Crippen LogP contribution in [-0.2, 0) is 9.47 Å². The lowest BCUT2D eigenvalue weighted by atomic mass is 9.68. The van der Waals surface area contributed by atoms with Gasteiger partial charge in [0, 0.05) is 12.3 Å². The van der Waals surface area contributed by atoms with E-state index >= 15 is 0 Å². The van der Waals surface area contributed by atoms with Gasteiger partial charge in [0.2, 0.25) is 0 Å². The molecular formula is C11H15IO2. The molecule has 0 aromatic heterocycles. The SMILES string of the molecule is CC1=C(I)[C@H]2CC[C@H]1CC21OCCO1. The standard InChI is InChI=1S/C11H15IO2/c1-7-8-2-3-9(10(7)12)11(6-8)13-4-5-14-11/h8-9H,2-6H2,1H3/t8-,9+/m0/s1. The van der Waals surface area contributed by atoms with Crippen molar-refractivity contribution in [3.8, 4) is 0 Å². The normalized spacial score (nSPS) is 39.9. The molecule has 0 N–H and O–H groups in total. The van der Waals surface area contributed by atoms with Crippen LogP contribution < -0.4 is 0 Å². The van der Waals surface area contributed by atoms with Gasteiger partial charge in [0.25, 0.3) is 0 Å². The van der Waals surface area contributed by atoms with E-state index in [2.05, 4.69) is 29.5 Å². The molecule has 2 fully saturated rings. The van der Waals surface area contributed by atoms with Crippen molar-refractivity contribution in [1.82, 2.24) is 0 Å². The molecule has 1 saturated heterocycles. The maximum Gasteiger partial charge on any atom is 0.176 e. The van der Waals surface area contributed by atoms with Gasteiger partial charge in [-0.2, -0.15) is 0 Å². The van der Waals surface area contributed by atoms with Crippen molar-refractivity contribution in [3.05, 3.63) is 9.15 Å². The highest BCUT2D eigenvalue weighted by Gasteiger charge is 2.53. The molecule has 4 rings (SSSR count). The van der Waals surface area contributed by atoms with Crippen LogP contribution in [0.2, 0.25) is 0 Å². The second kappa shape index (κ2) is 3.19. The molecule has 0 radical (unpaired) electrons. The molecule has 1 spiro atoms. The summed E-state index contributed by atoms with van der Waals surface area (Å²) in [6.07, 6.45) is 3.67. The minimum Gasteiger partial charge on any atom is -0.347 e. The summed E-state index contributed by atoms with van der Waals surface area (Å²) in [5.41, 5.74) is 1.59.